The van der Waals surface area contributed by atoms with E-state index >= 15 is 0 Å². The van der Waals surface area contributed by atoms with Crippen LogP contribution in [0.15, 0.2) is 22.7 Å². The monoisotopic (exact) mass is 361 g/mol. The average molecular weight is 362 g/mol. The van der Waals surface area contributed by atoms with E-state index in [-0.39, 0.29) is 30.1 Å². The van der Waals surface area contributed by atoms with E-state index in [1.165, 1.54) is 0 Å². The van der Waals surface area contributed by atoms with Crippen molar-refractivity contribution in [1.82, 2.24) is 5.32 Å². The largest absolute Gasteiger partial charge is 0.483 e. The van der Waals surface area contributed by atoms with Crippen LogP contribution in [0.1, 0.15) is 12.0 Å². The van der Waals surface area contributed by atoms with Gasteiger partial charge in [-0.1, -0.05) is 6.07 Å². The molecular formula is C13H16BrNO4S. The Kier molecular flexibility index (Phi) is 4.70. The summed E-state index contributed by atoms with van der Waals surface area (Å²) in [7, 11) is -2.98. The highest BCUT2D eigenvalue weighted by molar-refractivity contribution is 9.10. The second kappa shape index (κ2) is 6.13. The van der Waals surface area contributed by atoms with E-state index in [4.69, 9.17) is 4.74 Å². The first kappa shape index (κ1) is 15.3. The third-order valence-electron chi connectivity index (χ3n) is 3.04. The maximum Gasteiger partial charge on any atom is 0.258 e. The number of benzene rings is 1. The first-order valence-electron chi connectivity index (χ1n) is 6.24. The summed E-state index contributed by atoms with van der Waals surface area (Å²) < 4.78 is 28.8. The van der Waals surface area contributed by atoms with Gasteiger partial charge < -0.3 is 10.1 Å². The molecule has 1 aromatic rings. The molecule has 2 rings (SSSR count). The number of aryl methyl sites for hydroxylation is 1. The molecule has 1 saturated heterocycles. The topological polar surface area (TPSA) is 72.5 Å². The summed E-state index contributed by atoms with van der Waals surface area (Å²) in [6, 6.07) is 5.28. The molecule has 1 aliphatic heterocycles. The van der Waals surface area contributed by atoms with E-state index in [1.807, 2.05) is 19.1 Å². The number of rotatable bonds is 4. The number of halogens is 1. The maximum atomic E-state index is 11.7. The van der Waals surface area contributed by atoms with Crippen molar-refractivity contribution >= 4 is 31.7 Å². The van der Waals surface area contributed by atoms with Gasteiger partial charge in [0.05, 0.1) is 16.0 Å². The predicted octanol–water partition coefficient (Wildman–Crippen LogP) is 1.44. The van der Waals surface area contributed by atoms with Crippen molar-refractivity contribution in [3.8, 4) is 5.75 Å². The van der Waals surface area contributed by atoms with Crippen molar-refractivity contribution in [2.45, 2.75) is 19.4 Å². The molecule has 0 spiro atoms. The minimum Gasteiger partial charge on any atom is -0.483 e. The second-order valence-corrected chi connectivity index (χ2v) is 7.97. The van der Waals surface area contributed by atoms with Crippen molar-refractivity contribution in [2.24, 2.45) is 0 Å². The lowest BCUT2D eigenvalue weighted by Gasteiger charge is -2.12. The van der Waals surface area contributed by atoms with Crippen LogP contribution in [0, 0.1) is 6.92 Å². The maximum absolute atomic E-state index is 11.7. The Balaban J connectivity index is 1.84. The number of carbonyl (C=O) groups is 1. The Morgan fingerprint density at radius 1 is 1.50 bits per heavy atom. The number of sulfone groups is 1. The van der Waals surface area contributed by atoms with Gasteiger partial charge in [0, 0.05) is 6.04 Å². The van der Waals surface area contributed by atoms with Gasteiger partial charge >= 0.3 is 0 Å². The van der Waals surface area contributed by atoms with Crippen LogP contribution in [0.5, 0.6) is 5.75 Å². The lowest BCUT2D eigenvalue weighted by atomic mass is 10.2. The fourth-order valence-electron chi connectivity index (χ4n) is 2.04. The van der Waals surface area contributed by atoms with Gasteiger partial charge in [0.25, 0.3) is 5.91 Å². The summed E-state index contributed by atoms with van der Waals surface area (Å²) in [5.74, 6) is 0.444. The van der Waals surface area contributed by atoms with E-state index in [0.29, 0.717) is 12.2 Å². The number of hydrogen-bond acceptors (Lipinski definition) is 4. The molecule has 1 heterocycles. The molecule has 5 nitrogen and oxygen atoms in total. The summed E-state index contributed by atoms with van der Waals surface area (Å²) in [6.07, 6.45) is 0.475. The Labute approximate surface area is 126 Å². The van der Waals surface area contributed by atoms with E-state index < -0.39 is 9.84 Å². The highest BCUT2D eigenvalue weighted by Gasteiger charge is 2.28. The number of hydrogen-bond donors (Lipinski definition) is 1. The van der Waals surface area contributed by atoms with Gasteiger partial charge in [0.1, 0.15) is 5.75 Å². The molecule has 1 atom stereocenters. The zero-order valence-electron chi connectivity index (χ0n) is 11.1. The van der Waals surface area contributed by atoms with Crippen LogP contribution in [0.4, 0.5) is 0 Å². The summed E-state index contributed by atoms with van der Waals surface area (Å²) in [5.41, 5.74) is 1.09. The highest BCUT2D eigenvalue weighted by Crippen LogP contribution is 2.25. The summed E-state index contributed by atoms with van der Waals surface area (Å²) in [6.45, 7) is 1.83. The molecule has 0 aromatic heterocycles. The van der Waals surface area contributed by atoms with Gasteiger partial charge in [0.15, 0.2) is 16.4 Å². The van der Waals surface area contributed by atoms with Gasteiger partial charge in [-0.15, -0.1) is 0 Å². The van der Waals surface area contributed by atoms with E-state index in [0.717, 1.165) is 10.0 Å². The molecule has 0 bridgehead atoms. The van der Waals surface area contributed by atoms with Crippen molar-refractivity contribution in [3.63, 3.8) is 0 Å². The Bertz CT molecular complexity index is 615. The quantitative estimate of drug-likeness (QED) is 0.880. The molecule has 7 heteroatoms. The number of ether oxygens (including phenoxy) is 1. The van der Waals surface area contributed by atoms with Crippen LogP contribution in [0.3, 0.4) is 0 Å². The minimum absolute atomic E-state index is 0.0208. The molecule has 1 fully saturated rings. The summed E-state index contributed by atoms with van der Waals surface area (Å²) in [4.78, 5) is 11.7. The lowest BCUT2D eigenvalue weighted by molar-refractivity contribution is -0.123. The third-order valence-corrected chi connectivity index (χ3v) is 5.43. The molecule has 0 saturated carbocycles. The molecule has 1 N–H and O–H groups in total. The standard InChI is InChI=1S/C13H16BrNO4S/c1-9-2-3-12(11(14)6-9)19-7-13(16)15-10-4-5-20(17,18)8-10/h2-3,6,10H,4-5,7-8H2,1H3,(H,15,16)/t10-/m1/s1. The Hall–Kier alpha value is -1.08. The fourth-order valence-corrected chi connectivity index (χ4v) is 4.33. The van der Waals surface area contributed by atoms with Gasteiger partial charge in [-0.2, -0.15) is 0 Å². The van der Waals surface area contributed by atoms with Crippen LogP contribution in [0.25, 0.3) is 0 Å². The van der Waals surface area contributed by atoms with Crippen molar-refractivity contribution in [1.29, 1.82) is 0 Å². The number of nitrogens with one attached hydrogen (secondary N) is 1. The smallest absolute Gasteiger partial charge is 0.258 e. The fraction of sp³-hybridized carbons (Fsp3) is 0.462. The molecular weight excluding hydrogens is 346 g/mol. The van der Waals surface area contributed by atoms with E-state index in [9.17, 15) is 13.2 Å². The number of amides is 1. The predicted molar refractivity (Wildman–Crippen MR) is 79.6 cm³/mol. The number of carbonyl (C=O) groups excluding carboxylic acids is 1. The van der Waals surface area contributed by atoms with Crippen LogP contribution in [0.2, 0.25) is 0 Å². The van der Waals surface area contributed by atoms with E-state index in [2.05, 4.69) is 21.2 Å². The second-order valence-electron chi connectivity index (χ2n) is 4.89. The van der Waals surface area contributed by atoms with Crippen molar-refractivity contribution in [3.05, 3.63) is 28.2 Å². The molecule has 1 aromatic carbocycles. The molecule has 0 radical (unpaired) electrons. The van der Waals surface area contributed by atoms with Gasteiger partial charge in [-0.05, 0) is 47.0 Å². The summed E-state index contributed by atoms with van der Waals surface area (Å²) >= 11 is 3.36. The average Bonchev–Trinajstić information content (AvgIpc) is 2.67. The zero-order chi connectivity index (χ0) is 14.8. The van der Waals surface area contributed by atoms with Crippen LogP contribution < -0.4 is 10.1 Å². The molecule has 0 unspecified atom stereocenters. The molecule has 1 aliphatic rings. The van der Waals surface area contributed by atoms with Crippen molar-refractivity contribution < 1.29 is 17.9 Å². The zero-order valence-corrected chi connectivity index (χ0v) is 13.5. The lowest BCUT2D eigenvalue weighted by Crippen LogP contribution is -2.38. The van der Waals surface area contributed by atoms with Gasteiger partial charge in [-0.3, -0.25) is 4.79 Å². The summed E-state index contributed by atoms with van der Waals surface area (Å²) in [5, 5.41) is 2.68. The highest BCUT2D eigenvalue weighted by atomic mass is 79.9. The van der Waals surface area contributed by atoms with Crippen LogP contribution >= 0.6 is 15.9 Å². The molecule has 110 valence electrons. The molecule has 0 aliphatic carbocycles. The van der Waals surface area contributed by atoms with Gasteiger partial charge in [-0.25, -0.2) is 8.42 Å². The SMILES string of the molecule is Cc1ccc(OCC(=O)N[C@@H]2CCS(=O)(=O)C2)c(Br)c1. The Morgan fingerprint density at radius 2 is 2.25 bits per heavy atom. The first-order chi connectivity index (χ1) is 9.35. The van der Waals surface area contributed by atoms with Crippen LogP contribution in [-0.2, 0) is 14.6 Å². The van der Waals surface area contributed by atoms with Crippen LogP contribution in [-0.4, -0.2) is 38.5 Å². The van der Waals surface area contributed by atoms with Gasteiger partial charge in [0.2, 0.25) is 0 Å². The van der Waals surface area contributed by atoms with Crippen molar-refractivity contribution in [2.75, 3.05) is 18.1 Å². The normalized spacial score (nSPS) is 20.6. The van der Waals surface area contributed by atoms with E-state index in [1.54, 1.807) is 6.07 Å². The Morgan fingerprint density at radius 3 is 2.85 bits per heavy atom. The third kappa shape index (κ3) is 4.21. The molecule has 1 amide bonds. The molecule has 20 heavy (non-hydrogen) atoms. The minimum atomic E-state index is -2.98. The first-order valence-corrected chi connectivity index (χ1v) is 8.86.